The minimum atomic E-state index is -1.09. The largest absolute Gasteiger partial charge is 0.480 e. The Bertz CT molecular complexity index is 584. The molecule has 0 aromatic carbocycles. The average Bonchev–Trinajstić information content (AvgIpc) is 2.97. The summed E-state index contributed by atoms with van der Waals surface area (Å²) in [5, 5.41) is 14.5. The van der Waals surface area contributed by atoms with Gasteiger partial charge >= 0.3 is 5.97 Å². The van der Waals surface area contributed by atoms with E-state index < -0.39 is 17.9 Å². The van der Waals surface area contributed by atoms with Gasteiger partial charge in [0.05, 0.1) is 31.1 Å². The first-order chi connectivity index (χ1) is 10.1. The van der Waals surface area contributed by atoms with Crippen LogP contribution in [0.1, 0.15) is 12.2 Å². The van der Waals surface area contributed by atoms with Gasteiger partial charge in [0, 0.05) is 6.20 Å². The molecule has 7 heteroatoms. The van der Waals surface area contributed by atoms with Crippen molar-refractivity contribution in [1.82, 2.24) is 10.3 Å². The number of amides is 1. The second-order valence-corrected chi connectivity index (χ2v) is 4.35. The normalized spacial score (nSPS) is 11.8. The molecule has 0 unspecified atom stereocenters. The van der Waals surface area contributed by atoms with Gasteiger partial charge in [-0.1, -0.05) is 0 Å². The number of anilines is 1. The third-order valence-corrected chi connectivity index (χ3v) is 2.74. The second-order valence-electron chi connectivity index (χ2n) is 4.35. The Morgan fingerprint density at radius 2 is 2.19 bits per heavy atom. The minimum absolute atomic E-state index is 0.190. The lowest BCUT2D eigenvalue weighted by Crippen LogP contribution is -2.39. The topological polar surface area (TPSA) is 104 Å². The van der Waals surface area contributed by atoms with Gasteiger partial charge in [-0.2, -0.15) is 0 Å². The summed E-state index contributed by atoms with van der Waals surface area (Å²) in [4.78, 5) is 26.8. The van der Waals surface area contributed by atoms with Crippen molar-refractivity contribution in [3.05, 3.63) is 48.7 Å². The van der Waals surface area contributed by atoms with E-state index in [9.17, 15) is 9.59 Å². The van der Waals surface area contributed by atoms with Gasteiger partial charge in [-0.25, -0.2) is 0 Å². The highest BCUT2D eigenvalue weighted by atomic mass is 16.4. The van der Waals surface area contributed by atoms with Crippen molar-refractivity contribution in [3.63, 3.8) is 0 Å². The minimum Gasteiger partial charge on any atom is -0.480 e. The lowest BCUT2D eigenvalue weighted by molar-refractivity contribution is -0.141. The summed E-state index contributed by atoms with van der Waals surface area (Å²) in [5.41, 5.74) is 0.526. The number of carboxylic acid groups (broad SMARTS) is 1. The number of nitrogens with zero attached hydrogens (tertiary/aromatic N) is 1. The number of carbonyl (C=O) groups excluding carboxylic acids is 1. The number of aliphatic carboxylic acids is 1. The third-order valence-electron chi connectivity index (χ3n) is 2.74. The van der Waals surface area contributed by atoms with Crippen molar-refractivity contribution >= 4 is 17.6 Å². The van der Waals surface area contributed by atoms with Crippen LogP contribution in [-0.4, -0.2) is 28.0 Å². The molecule has 0 saturated heterocycles. The summed E-state index contributed by atoms with van der Waals surface area (Å²) in [5.74, 6) is -0.890. The van der Waals surface area contributed by atoms with Gasteiger partial charge < -0.3 is 14.8 Å². The number of carbonyl (C=O) groups is 2. The smallest absolute Gasteiger partial charge is 0.321 e. The molecular formula is C14H15N3O4. The van der Waals surface area contributed by atoms with Gasteiger partial charge in [0.2, 0.25) is 5.91 Å². The van der Waals surface area contributed by atoms with E-state index in [1.807, 2.05) is 0 Å². The number of furan rings is 1. The Hall–Kier alpha value is -2.67. The third kappa shape index (κ3) is 4.73. The molecule has 110 valence electrons. The van der Waals surface area contributed by atoms with E-state index in [0.29, 0.717) is 11.4 Å². The molecule has 0 bridgehead atoms. The molecule has 2 aromatic rings. The molecule has 2 rings (SSSR count). The maximum absolute atomic E-state index is 11.8. The number of carboxylic acids is 1. The maximum Gasteiger partial charge on any atom is 0.321 e. The highest BCUT2D eigenvalue weighted by molar-refractivity contribution is 5.93. The number of hydrogen-bond acceptors (Lipinski definition) is 5. The molecule has 0 spiro atoms. The Balaban J connectivity index is 1.87. The monoisotopic (exact) mass is 289 g/mol. The van der Waals surface area contributed by atoms with Gasteiger partial charge in [0.25, 0.3) is 0 Å². The van der Waals surface area contributed by atoms with E-state index in [0.717, 1.165) is 0 Å². The fourth-order valence-electron chi connectivity index (χ4n) is 1.72. The summed E-state index contributed by atoms with van der Waals surface area (Å²) in [6.45, 7) is 0.240. The molecule has 3 N–H and O–H groups in total. The van der Waals surface area contributed by atoms with Gasteiger partial charge in [-0.3, -0.25) is 19.9 Å². The standard InChI is InChI=1S/C14H15N3O4/c18-13(17-10-3-1-5-15-8-10)7-12(14(19)20)16-9-11-4-2-6-21-11/h1-6,8,12,16H,7,9H2,(H,17,18)(H,19,20)/t12-/m0/s1. The first kappa shape index (κ1) is 14.7. The lowest BCUT2D eigenvalue weighted by atomic mass is 10.2. The van der Waals surface area contributed by atoms with Crippen molar-refractivity contribution in [1.29, 1.82) is 0 Å². The summed E-state index contributed by atoms with van der Waals surface area (Å²) < 4.78 is 5.10. The van der Waals surface area contributed by atoms with Crippen molar-refractivity contribution in [3.8, 4) is 0 Å². The fraction of sp³-hybridized carbons (Fsp3) is 0.214. The van der Waals surface area contributed by atoms with Crippen LogP contribution in [0.25, 0.3) is 0 Å². The van der Waals surface area contributed by atoms with Gasteiger partial charge in [0.15, 0.2) is 0 Å². The van der Waals surface area contributed by atoms with E-state index in [-0.39, 0.29) is 13.0 Å². The van der Waals surface area contributed by atoms with Gasteiger partial charge in [0.1, 0.15) is 11.8 Å². The average molecular weight is 289 g/mol. The van der Waals surface area contributed by atoms with E-state index in [1.54, 1.807) is 30.5 Å². The van der Waals surface area contributed by atoms with Crippen LogP contribution in [0.5, 0.6) is 0 Å². The Labute approximate surface area is 121 Å². The highest BCUT2D eigenvalue weighted by Crippen LogP contribution is 2.06. The number of nitrogens with one attached hydrogen (secondary N) is 2. The Kier molecular flexibility index (Phi) is 5.05. The molecule has 0 saturated carbocycles. The molecule has 0 fully saturated rings. The zero-order valence-electron chi connectivity index (χ0n) is 11.2. The predicted octanol–water partition coefficient (Wildman–Crippen LogP) is 1.25. The summed E-state index contributed by atoms with van der Waals surface area (Å²) in [6.07, 6.45) is 4.39. The Morgan fingerprint density at radius 1 is 1.33 bits per heavy atom. The molecule has 2 heterocycles. The first-order valence-electron chi connectivity index (χ1n) is 6.33. The number of pyridine rings is 1. The van der Waals surface area contributed by atoms with Crippen molar-refractivity contribution in [2.75, 3.05) is 5.32 Å². The van der Waals surface area contributed by atoms with E-state index in [1.165, 1.54) is 12.5 Å². The number of rotatable bonds is 7. The molecular weight excluding hydrogens is 274 g/mol. The van der Waals surface area contributed by atoms with Crippen LogP contribution in [0.2, 0.25) is 0 Å². The molecule has 2 aromatic heterocycles. The SMILES string of the molecule is O=C(C[C@H](NCc1ccco1)C(=O)O)Nc1cccnc1. The molecule has 21 heavy (non-hydrogen) atoms. The van der Waals surface area contributed by atoms with E-state index in [2.05, 4.69) is 15.6 Å². The lowest BCUT2D eigenvalue weighted by Gasteiger charge is -2.13. The molecule has 0 aliphatic rings. The van der Waals surface area contributed by atoms with Crippen LogP contribution < -0.4 is 10.6 Å². The number of aromatic nitrogens is 1. The maximum atomic E-state index is 11.8. The highest BCUT2D eigenvalue weighted by Gasteiger charge is 2.21. The Morgan fingerprint density at radius 3 is 2.81 bits per heavy atom. The predicted molar refractivity (Wildman–Crippen MR) is 74.5 cm³/mol. The first-order valence-corrected chi connectivity index (χ1v) is 6.33. The van der Waals surface area contributed by atoms with Crippen LogP contribution in [-0.2, 0) is 16.1 Å². The second kappa shape index (κ2) is 7.20. The van der Waals surface area contributed by atoms with Gasteiger partial charge in [-0.15, -0.1) is 0 Å². The summed E-state index contributed by atoms with van der Waals surface area (Å²) in [7, 11) is 0. The zero-order valence-corrected chi connectivity index (χ0v) is 11.2. The van der Waals surface area contributed by atoms with Crippen LogP contribution in [0.15, 0.2) is 47.3 Å². The van der Waals surface area contributed by atoms with Crippen LogP contribution in [0, 0.1) is 0 Å². The summed E-state index contributed by atoms with van der Waals surface area (Å²) >= 11 is 0. The van der Waals surface area contributed by atoms with Gasteiger partial charge in [-0.05, 0) is 24.3 Å². The van der Waals surface area contributed by atoms with Crippen LogP contribution in [0.4, 0.5) is 5.69 Å². The van der Waals surface area contributed by atoms with Crippen molar-refractivity contribution in [2.24, 2.45) is 0 Å². The van der Waals surface area contributed by atoms with Crippen LogP contribution in [0.3, 0.4) is 0 Å². The quantitative estimate of drug-likeness (QED) is 0.708. The fourth-order valence-corrected chi connectivity index (χ4v) is 1.72. The molecule has 0 radical (unpaired) electrons. The molecule has 0 aliphatic heterocycles. The summed E-state index contributed by atoms with van der Waals surface area (Å²) in [6, 6.07) is 5.80. The van der Waals surface area contributed by atoms with Crippen molar-refractivity contribution in [2.45, 2.75) is 19.0 Å². The van der Waals surface area contributed by atoms with Crippen LogP contribution >= 0.6 is 0 Å². The molecule has 1 amide bonds. The van der Waals surface area contributed by atoms with E-state index in [4.69, 9.17) is 9.52 Å². The number of hydrogen-bond donors (Lipinski definition) is 3. The molecule has 0 aliphatic carbocycles. The molecule has 1 atom stereocenters. The van der Waals surface area contributed by atoms with E-state index >= 15 is 0 Å². The zero-order chi connectivity index (χ0) is 15.1. The van der Waals surface area contributed by atoms with Crippen molar-refractivity contribution < 1.29 is 19.1 Å². The molecule has 7 nitrogen and oxygen atoms in total.